The number of ether oxygens (including phenoxy) is 1. The Hall–Kier alpha value is -3.00. The number of nitrogens with one attached hydrogen (secondary N) is 2. The molecule has 0 saturated carbocycles. The minimum atomic E-state index is -0.906. The van der Waals surface area contributed by atoms with E-state index in [4.69, 9.17) is 4.74 Å². The molecular formula is C21H23N3O4S. The zero-order valence-corrected chi connectivity index (χ0v) is 17.2. The minimum absolute atomic E-state index is 0.241. The summed E-state index contributed by atoms with van der Waals surface area (Å²) in [5, 5.41) is 6.76. The summed E-state index contributed by atoms with van der Waals surface area (Å²) in [6, 6.07) is 7.54. The Balaban J connectivity index is 1.71. The van der Waals surface area contributed by atoms with Crippen LogP contribution in [0.25, 0.3) is 0 Å². The predicted octanol–water partition coefficient (Wildman–Crippen LogP) is 3.20. The molecule has 152 valence electrons. The first kappa shape index (κ1) is 20.7. The molecule has 1 aromatic carbocycles. The van der Waals surface area contributed by atoms with Crippen molar-refractivity contribution in [3.63, 3.8) is 0 Å². The number of thiophene rings is 1. The third kappa shape index (κ3) is 4.89. The van der Waals surface area contributed by atoms with Gasteiger partial charge in [0, 0.05) is 4.88 Å². The topological polar surface area (TPSA) is 96.9 Å². The number of esters is 1. The molecule has 8 heteroatoms. The maximum absolute atomic E-state index is 12.4. The lowest BCUT2D eigenvalue weighted by atomic mass is 9.95. The molecule has 29 heavy (non-hydrogen) atoms. The molecule has 0 fully saturated rings. The second-order valence-corrected chi connectivity index (χ2v) is 7.75. The third-order valence-corrected chi connectivity index (χ3v) is 5.85. The van der Waals surface area contributed by atoms with Gasteiger partial charge in [-0.2, -0.15) is 5.10 Å². The summed E-state index contributed by atoms with van der Waals surface area (Å²) in [5.41, 5.74) is 5.35. The van der Waals surface area contributed by atoms with E-state index in [1.165, 1.54) is 17.6 Å². The molecule has 2 N–H and O–H groups in total. The third-order valence-electron chi connectivity index (χ3n) is 4.64. The first-order chi connectivity index (χ1) is 14.0. The molecule has 3 rings (SSSR count). The van der Waals surface area contributed by atoms with Crippen LogP contribution in [0.15, 0.2) is 29.4 Å². The van der Waals surface area contributed by atoms with E-state index >= 15 is 0 Å². The van der Waals surface area contributed by atoms with Crippen LogP contribution < -0.4 is 10.7 Å². The first-order valence-electron chi connectivity index (χ1n) is 9.53. The van der Waals surface area contributed by atoms with Gasteiger partial charge >= 0.3 is 17.8 Å². The molecule has 7 nitrogen and oxygen atoms in total. The van der Waals surface area contributed by atoms with Crippen molar-refractivity contribution < 1.29 is 19.1 Å². The average molecular weight is 413 g/mol. The van der Waals surface area contributed by atoms with Gasteiger partial charge in [-0.15, -0.1) is 11.3 Å². The molecule has 0 atom stereocenters. The molecule has 0 aliphatic heterocycles. The van der Waals surface area contributed by atoms with Crippen LogP contribution >= 0.6 is 11.3 Å². The maximum atomic E-state index is 12.4. The lowest BCUT2D eigenvalue weighted by Gasteiger charge is -2.12. The fourth-order valence-corrected chi connectivity index (χ4v) is 4.45. The van der Waals surface area contributed by atoms with Gasteiger partial charge < -0.3 is 10.1 Å². The average Bonchev–Trinajstić information content (AvgIpc) is 3.07. The number of hydrogen-bond acceptors (Lipinski definition) is 6. The van der Waals surface area contributed by atoms with E-state index in [1.807, 2.05) is 31.2 Å². The van der Waals surface area contributed by atoms with Crippen molar-refractivity contribution in [3.05, 3.63) is 51.4 Å². The summed E-state index contributed by atoms with van der Waals surface area (Å²) in [6.07, 6.45) is 5.13. The maximum Gasteiger partial charge on any atom is 0.341 e. The Morgan fingerprint density at radius 3 is 2.69 bits per heavy atom. The molecule has 1 aromatic heterocycles. The lowest BCUT2D eigenvalue weighted by molar-refractivity contribution is -0.136. The van der Waals surface area contributed by atoms with Gasteiger partial charge in [-0.3, -0.25) is 9.59 Å². The number of nitrogens with zero attached hydrogens (tertiary/aromatic N) is 1. The number of carbonyl (C=O) groups excluding carboxylic acids is 3. The van der Waals surface area contributed by atoms with Crippen LogP contribution in [-0.4, -0.2) is 30.6 Å². The lowest BCUT2D eigenvalue weighted by Crippen LogP contribution is -2.32. The van der Waals surface area contributed by atoms with Crippen LogP contribution in [0.2, 0.25) is 0 Å². The van der Waals surface area contributed by atoms with Crippen molar-refractivity contribution in [1.82, 2.24) is 5.43 Å². The zero-order valence-electron chi connectivity index (χ0n) is 16.4. The van der Waals surface area contributed by atoms with Crippen LogP contribution in [0.3, 0.4) is 0 Å². The Labute approximate surface area is 173 Å². The summed E-state index contributed by atoms with van der Waals surface area (Å²) >= 11 is 1.33. The summed E-state index contributed by atoms with van der Waals surface area (Å²) in [4.78, 5) is 37.9. The molecule has 2 amide bonds. The summed E-state index contributed by atoms with van der Waals surface area (Å²) in [5.74, 6) is -2.26. The molecule has 0 radical (unpaired) electrons. The normalized spacial score (nSPS) is 13.0. The van der Waals surface area contributed by atoms with Gasteiger partial charge in [0.15, 0.2) is 0 Å². The predicted molar refractivity (Wildman–Crippen MR) is 112 cm³/mol. The monoisotopic (exact) mass is 413 g/mol. The number of hydrazone groups is 1. The number of carbonyl (C=O) groups is 3. The fourth-order valence-electron chi connectivity index (χ4n) is 3.18. The van der Waals surface area contributed by atoms with Gasteiger partial charge in [-0.05, 0) is 56.2 Å². The largest absolute Gasteiger partial charge is 0.462 e. The molecule has 0 bridgehead atoms. The molecule has 1 heterocycles. The van der Waals surface area contributed by atoms with Gasteiger partial charge in [0.2, 0.25) is 0 Å². The van der Waals surface area contributed by atoms with Crippen molar-refractivity contribution in [3.8, 4) is 0 Å². The Morgan fingerprint density at radius 1 is 1.17 bits per heavy atom. The van der Waals surface area contributed by atoms with Crippen LogP contribution in [0.4, 0.5) is 5.00 Å². The summed E-state index contributed by atoms with van der Waals surface area (Å²) in [7, 11) is 0. The van der Waals surface area contributed by atoms with Crippen molar-refractivity contribution in [2.45, 2.75) is 39.5 Å². The molecule has 1 aliphatic carbocycles. The molecule has 0 unspecified atom stereocenters. The van der Waals surface area contributed by atoms with Gasteiger partial charge in [-0.1, -0.05) is 24.3 Å². The van der Waals surface area contributed by atoms with Crippen LogP contribution in [0.5, 0.6) is 0 Å². The van der Waals surface area contributed by atoms with Crippen LogP contribution in [-0.2, 0) is 27.2 Å². The van der Waals surface area contributed by atoms with E-state index in [0.29, 0.717) is 10.6 Å². The first-order valence-corrected chi connectivity index (χ1v) is 10.3. The Kier molecular flexibility index (Phi) is 6.77. The highest BCUT2D eigenvalue weighted by Crippen LogP contribution is 2.38. The van der Waals surface area contributed by atoms with E-state index in [0.717, 1.165) is 47.3 Å². The molecule has 2 aromatic rings. The van der Waals surface area contributed by atoms with E-state index in [9.17, 15) is 14.4 Å². The van der Waals surface area contributed by atoms with Crippen molar-refractivity contribution in [2.24, 2.45) is 5.10 Å². The smallest absolute Gasteiger partial charge is 0.341 e. The number of fused-ring (bicyclic) bond motifs is 1. The highest BCUT2D eigenvalue weighted by molar-refractivity contribution is 7.17. The number of rotatable bonds is 5. The quantitative estimate of drug-likeness (QED) is 0.340. The zero-order chi connectivity index (χ0) is 20.8. The highest BCUT2D eigenvalue weighted by atomic mass is 32.1. The number of hydrogen-bond donors (Lipinski definition) is 2. The molecular weight excluding hydrogens is 390 g/mol. The van der Waals surface area contributed by atoms with E-state index in [1.54, 1.807) is 6.92 Å². The van der Waals surface area contributed by atoms with E-state index in [2.05, 4.69) is 15.8 Å². The minimum Gasteiger partial charge on any atom is -0.462 e. The molecule has 1 aliphatic rings. The number of amides is 2. The Morgan fingerprint density at radius 2 is 1.93 bits per heavy atom. The molecule has 0 saturated heterocycles. The fraction of sp³-hybridized carbons (Fsp3) is 0.333. The molecule has 0 spiro atoms. The van der Waals surface area contributed by atoms with Crippen molar-refractivity contribution >= 4 is 40.3 Å². The van der Waals surface area contributed by atoms with Crippen LogP contribution in [0, 0.1) is 6.92 Å². The van der Waals surface area contributed by atoms with Gasteiger partial charge in [0.25, 0.3) is 0 Å². The standard InChI is InChI=1S/C21H23N3O4S/c1-3-28-21(27)17-15-10-6-7-11-16(15)29-20(17)23-18(25)19(26)24-22-12-14-9-5-4-8-13(14)2/h4-5,8-9,12H,3,6-7,10-11H2,1-2H3,(H,23,25)(H,24,26)/b22-12+. The van der Waals surface area contributed by atoms with Crippen LogP contribution in [0.1, 0.15) is 51.7 Å². The second-order valence-electron chi connectivity index (χ2n) is 6.65. The number of benzene rings is 1. The highest BCUT2D eigenvalue weighted by Gasteiger charge is 2.28. The summed E-state index contributed by atoms with van der Waals surface area (Å²) in [6.45, 7) is 3.89. The van der Waals surface area contributed by atoms with Gasteiger partial charge in [0.1, 0.15) is 5.00 Å². The van der Waals surface area contributed by atoms with E-state index in [-0.39, 0.29) is 6.61 Å². The van der Waals surface area contributed by atoms with Gasteiger partial charge in [-0.25, -0.2) is 10.2 Å². The number of anilines is 1. The Bertz CT molecular complexity index is 965. The van der Waals surface area contributed by atoms with Crippen molar-refractivity contribution in [1.29, 1.82) is 0 Å². The number of aryl methyl sites for hydroxylation is 2. The summed E-state index contributed by atoms with van der Waals surface area (Å²) < 4.78 is 5.15. The van der Waals surface area contributed by atoms with Crippen molar-refractivity contribution in [2.75, 3.05) is 11.9 Å². The SMILES string of the molecule is CCOC(=O)c1c(NC(=O)C(=O)N/N=C/c2ccccc2C)sc2c1CCCC2. The van der Waals surface area contributed by atoms with E-state index < -0.39 is 17.8 Å². The van der Waals surface area contributed by atoms with Gasteiger partial charge in [0.05, 0.1) is 18.4 Å². The second kappa shape index (κ2) is 9.47.